The van der Waals surface area contributed by atoms with Crippen molar-refractivity contribution in [3.05, 3.63) is 42.0 Å². The molecule has 5 nitrogen and oxygen atoms in total. The number of halogens is 3. The maximum Gasteiger partial charge on any atom is 0.242 e. The van der Waals surface area contributed by atoms with Crippen molar-refractivity contribution in [3.8, 4) is 11.4 Å². The van der Waals surface area contributed by atoms with Crippen molar-refractivity contribution in [2.24, 2.45) is 0 Å². The molecule has 2 N–H and O–H groups in total. The molecule has 8 heteroatoms. The van der Waals surface area contributed by atoms with Crippen molar-refractivity contribution < 1.29 is 13.2 Å². The summed E-state index contributed by atoms with van der Waals surface area (Å²) < 4.78 is 39.7. The Hall–Kier alpha value is -2.64. The highest BCUT2D eigenvalue weighted by Crippen LogP contribution is 2.23. The molecule has 0 saturated heterocycles. The van der Waals surface area contributed by atoms with Crippen molar-refractivity contribution >= 4 is 11.5 Å². The molecule has 0 atom stereocenters. The van der Waals surface area contributed by atoms with Crippen LogP contribution < -0.4 is 5.73 Å². The summed E-state index contributed by atoms with van der Waals surface area (Å²) in [6.45, 7) is 0. The van der Waals surface area contributed by atoms with Crippen LogP contribution in [0, 0.1) is 5.82 Å². The molecule has 3 rings (SSSR count). The van der Waals surface area contributed by atoms with Gasteiger partial charge in [0.05, 0.1) is 17.6 Å². The Labute approximate surface area is 117 Å². The third-order valence-corrected chi connectivity index (χ3v) is 2.96. The van der Waals surface area contributed by atoms with Crippen molar-refractivity contribution in [3.63, 3.8) is 0 Å². The van der Waals surface area contributed by atoms with Gasteiger partial charge in [-0.05, 0) is 11.6 Å². The largest absolute Gasteiger partial charge is 0.367 e. The summed E-state index contributed by atoms with van der Waals surface area (Å²) >= 11 is 0. The van der Waals surface area contributed by atoms with Gasteiger partial charge in [-0.2, -0.15) is 0 Å². The van der Waals surface area contributed by atoms with Gasteiger partial charge in [0.2, 0.25) is 12.4 Å². The van der Waals surface area contributed by atoms with E-state index in [1.54, 1.807) is 0 Å². The highest BCUT2D eigenvalue weighted by atomic mass is 19.3. The SMILES string of the molecule is Nc1ncc2c(F)cc(-c3ccc(CC(F)F)cn3)n2n1. The van der Waals surface area contributed by atoms with Gasteiger partial charge < -0.3 is 5.73 Å². The minimum absolute atomic E-state index is 0.00586. The van der Waals surface area contributed by atoms with Crippen LogP contribution in [-0.4, -0.2) is 26.0 Å². The van der Waals surface area contributed by atoms with Gasteiger partial charge in [0, 0.05) is 18.7 Å². The Balaban J connectivity index is 2.06. The van der Waals surface area contributed by atoms with Gasteiger partial charge in [0.1, 0.15) is 5.52 Å². The third kappa shape index (κ3) is 2.51. The van der Waals surface area contributed by atoms with E-state index in [4.69, 9.17) is 5.73 Å². The van der Waals surface area contributed by atoms with E-state index < -0.39 is 12.2 Å². The number of pyridine rings is 1. The van der Waals surface area contributed by atoms with Crippen LogP contribution >= 0.6 is 0 Å². The number of nitrogens with two attached hydrogens (primary N) is 1. The highest BCUT2D eigenvalue weighted by Gasteiger charge is 2.14. The Bertz CT molecular complexity index is 782. The lowest BCUT2D eigenvalue weighted by Gasteiger charge is -2.03. The lowest BCUT2D eigenvalue weighted by atomic mass is 10.2. The normalized spacial score (nSPS) is 11.4. The molecule has 0 bridgehead atoms. The summed E-state index contributed by atoms with van der Waals surface area (Å²) in [5.74, 6) is -0.517. The Morgan fingerprint density at radius 2 is 2.00 bits per heavy atom. The number of fused-ring (bicyclic) bond motifs is 1. The number of rotatable bonds is 3. The Kier molecular flexibility index (Phi) is 3.20. The quantitative estimate of drug-likeness (QED) is 0.804. The van der Waals surface area contributed by atoms with Crippen LogP contribution in [-0.2, 0) is 6.42 Å². The van der Waals surface area contributed by atoms with E-state index in [1.807, 2.05) is 0 Å². The lowest BCUT2D eigenvalue weighted by Crippen LogP contribution is -2.02. The maximum absolute atomic E-state index is 13.8. The van der Waals surface area contributed by atoms with Crippen LogP contribution in [0.2, 0.25) is 0 Å². The predicted octanol–water partition coefficient (Wildman–Crippen LogP) is 2.32. The molecule has 0 fully saturated rings. The van der Waals surface area contributed by atoms with Crippen molar-refractivity contribution in [2.45, 2.75) is 12.8 Å². The molecule has 0 unspecified atom stereocenters. The molecule has 0 amide bonds. The van der Waals surface area contributed by atoms with Crippen LogP contribution in [0.5, 0.6) is 0 Å². The first kappa shape index (κ1) is 13.3. The van der Waals surface area contributed by atoms with Gasteiger partial charge >= 0.3 is 0 Å². The van der Waals surface area contributed by atoms with E-state index in [-0.39, 0.29) is 17.9 Å². The summed E-state index contributed by atoms with van der Waals surface area (Å²) in [5.41, 5.74) is 6.84. The molecule has 0 saturated carbocycles. The topological polar surface area (TPSA) is 69.1 Å². The molecule has 3 aromatic heterocycles. The average Bonchev–Trinajstić information content (AvgIpc) is 2.76. The van der Waals surface area contributed by atoms with Crippen LogP contribution in [0.25, 0.3) is 16.9 Å². The lowest BCUT2D eigenvalue weighted by molar-refractivity contribution is 0.149. The van der Waals surface area contributed by atoms with Crippen molar-refractivity contribution in [2.75, 3.05) is 5.73 Å². The summed E-state index contributed by atoms with van der Waals surface area (Å²) in [5, 5.41) is 3.93. The highest BCUT2D eigenvalue weighted by molar-refractivity contribution is 5.64. The van der Waals surface area contributed by atoms with E-state index in [9.17, 15) is 13.2 Å². The first-order valence-electron chi connectivity index (χ1n) is 6.08. The maximum atomic E-state index is 13.8. The molecular formula is C13H10F3N5. The van der Waals surface area contributed by atoms with Crippen molar-refractivity contribution in [1.29, 1.82) is 0 Å². The van der Waals surface area contributed by atoms with Gasteiger partial charge in [-0.15, -0.1) is 5.10 Å². The second kappa shape index (κ2) is 5.04. The zero-order valence-electron chi connectivity index (χ0n) is 10.7. The Morgan fingerprint density at radius 1 is 1.19 bits per heavy atom. The first-order valence-corrected chi connectivity index (χ1v) is 6.08. The van der Waals surface area contributed by atoms with Gasteiger partial charge in [-0.1, -0.05) is 6.07 Å². The minimum Gasteiger partial charge on any atom is -0.367 e. The van der Waals surface area contributed by atoms with Crippen LogP contribution in [0.3, 0.4) is 0 Å². The smallest absolute Gasteiger partial charge is 0.242 e. The molecule has 0 radical (unpaired) electrons. The number of nitrogen functional groups attached to an aromatic ring is 1. The molecule has 0 aliphatic rings. The van der Waals surface area contributed by atoms with Crippen LogP contribution in [0.15, 0.2) is 30.6 Å². The number of hydrogen-bond acceptors (Lipinski definition) is 4. The molecule has 0 aliphatic heterocycles. The van der Waals surface area contributed by atoms with Gasteiger partial charge in [-0.25, -0.2) is 22.7 Å². The van der Waals surface area contributed by atoms with Crippen LogP contribution in [0.4, 0.5) is 19.1 Å². The summed E-state index contributed by atoms with van der Waals surface area (Å²) in [6, 6.07) is 4.31. The number of nitrogens with zero attached hydrogens (tertiary/aromatic N) is 4. The fourth-order valence-corrected chi connectivity index (χ4v) is 2.02. The first-order chi connectivity index (χ1) is 10.0. The van der Waals surface area contributed by atoms with E-state index in [0.29, 0.717) is 17.0 Å². The molecule has 108 valence electrons. The van der Waals surface area contributed by atoms with Gasteiger partial charge in [0.25, 0.3) is 0 Å². The molecule has 0 aromatic carbocycles. The van der Waals surface area contributed by atoms with Crippen LogP contribution in [0.1, 0.15) is 5.56 Å². The zero-order chi connectivity index (χ0) is 15.0. The standard InChI is InChI=1S/C13H10F3N5/c14-8-4-10(21-11(8)6-19-13(17)20-21)9-2-1-7(5-18-9)3-12(15)16/h1-2,4-6,12H,3H2,(H2,17,20). The van der Waals surface area contributed by atoms with E-state index in [0.717, 1.165) is 0 Å². The monoisotopic (exact) mass is 293 g/mol. The Morgan fingerprint density at radius 3 is 2.67 bits per heavy atom. The summed E-state index contributed by atoms with van der Waals surface area (Å²) in [7, 11) is 0. The fourth-order valence-electron chi connectivity index (χ4n) is 2.02. The molecule has 0 spiro atoms. The summed E-state index contributed by atoms with van der Waals surface area (Å²) in [4.78, 5) is 7.80. The number of anilines is 1. The van der Waals surface area contributed by atoms with E-state index >= 15 is 0 Å². The molecule has 0 aliphatic carbocycles. The second-order valence-corrected chi connectivity index (χ2v) is 4.44. The molecule has 21 heavy (non-hydrogen) atoms. The average molecular weight is 293 g/mol. The predicted molar refractivity (Wildman–Crippen MR) is 70.3 cm³/mol. The summed E-state index contributed by atoms with van der Waals surface area (Å²) in [6.07, 6.45) is -0.196. The molecule has 3 aromatic rings. The van der Waals surface area contributed by atoms with E-state index in [2.05, 4.69) is 15.1 Å². The van der Waals surface area contributed by atoms with Crippen molar-refractivity contribution in [1.82, 2.24) is 19.6 Å². The minimum atomic E-state index is -2.43. The molecule has 3 heterocycles. The zero-order valence-corrected chi connectivity index (χ0v) is 10.7. The van der Waals surface area contributed by atoms with Gasteiger partial charge in [0.15, 0.2) is 5.82 Å². The fraction of sp³-hybridized carbons (Fsp3) is 0.154. The number of alkyl halides is 2. The number of aromatic nitrogens is 4. The third-order valence-electron chi connectivity index (χ3n) is 2.96. The second-order valence-electron chi connectivity index (χ2n) is 4.44. The number of hydrogen-bond donors (Lipinski definition) is 1. The van der Waals surface area contributed by atoms with E-state index in [1.165, 1.54) is 35.1 Å². The molecular weight excluding hydrogens is 283 g/mol. The van der Waals surface area contributed by atoms with Gasteiger partial charge in [-0.3, -0.25) is 4.98 Å².